The molecule has 0 aromatic carbocycles. The number of anilines is 2. The van der Waals surface area contributed by atoms with Gasteiger partial charge in [0, 0.05) is 25.4 Å². The van der Waals surface area contributed by atoms with E-state index in [9.17, 15) is 0 Å². The SMILES string of the molecule is CCOc1ncccc1-c1cc(N2CCCC2)nc(N)n1. The predicted molar refractivity (Wildman–Crippen MR) is 82.3 cm³/mol. The van der Waals surface area contributed by atoms with Crippen LogP contribution in [0.4, 0.5) is 11.8 Å². The third-order valence-corrected chi connectivity index (χ3v) is 3.49. The molecule has 0 amide bonds. The average Bonchev–Trinajstić information content (AvgIpc) is 3.02. The molecule has 0 radical (unpaired) electrons. The molecule has 1 fully saturated rings. The minimum Gasteiger partial charge on any atom is -0.477 e. The highest BCUT2D eigenvalue weighted by Gasteiger charge is 2.17. The summed E-state index contributed by atoms with van der Waals surface area (Å²) in [6.45, 7) is 4.52. The van der Waals surface area contributed by atoms with Gasteiger partial charge in [0.1, 0.15) is 5.82 Å². The molecule has 0 aliphatic carbocycles. The Balaban J connectivity index is 2.02. The maximum atomic E-state index is 5.88. The van der Waals surface area contributed by atoms with Crippen molar-refractivity contribution in [3.8, 4) is 17.1 Å². The van der Waals surface area contributed by atoms with Crippen molar-refractivity contribution in [2.45, 2.75) is 19.8 Å². The normalized spacial score (nSPS) is 14.4. The summed E-state index contributed by atoms with van der Waals surface area (Å²) in [7, 11) is 0. The Morgan fingerprint density at radius 3 is 2.86 bits per heavy atom. The average molecular weight is 285 g/mol. The van der Waals surface area contributed by atoms with E-state index in [0.29, 0.717) is 12.5 Å². The first-order valence-electron chi connectivity index (χ1n) is 7.25. The van der Waals surface area contributed by atoms with Crippen molar-refractivity contribution in [1.82, 2.24) is 15.0 Å². The number of pyridine rings is 1. The first kappa shape index (κ1) is 13.6. The maximum Gasteiger partial charge on any atom is 0.222 e. The van der Waals surface area contributed by atoms with Crippen molar-refractivity contribution < 1.29 is 4.74 Å². The molecule has 0 atom stereocenters. The molecule has 0 unspecified atom stereocenters. The summed E-state index contributed by atoms with van der Waals surface area (Å²) in [6.07, 6.45) is 4.09. The summed E-state index contributed by atoms with van der Waals surface area (Å²) in [4.78, 5) is 15.2. The van der Waals surface area contributed by atoms with E-state index in [1.807, 2.05) is 25.1 Å². The first-order valence-corrected chi connectivity index (χ1v) is 7.25. The van der Waals surface area contributed by atoms with Crippen LogP contribution in [0.1, 0.15) is 19.8 Å². The lowest BCUT2D eigenvalue weighted by Crippen LogP contribution is -2.19. The zero-order chi connectivity index (χ0) is 14.7. The molecule has 2 aromatic heterocycles. The van der Waals surface area contributed by atoms with E-state index in [2.05, 4.69) is 19.9 Å². The van der Waals surface area contributed by atoms with Crippen molar-refractivity contribution in [2.75, 3.05) is 30.3 Å². The third kappa shape index (κ3) is 2.89. The van der Waals surface area contributed by atoms with Crippen molar-refractivity contribution >= 4 is 11.8 Å². The quantitative estimate of drug-likeness (QED) is 0.927. The Morgan fingerprint density at radius 2 is 2.10 bits per heavy atom. The molecule has 1 aliphatic heterocycles. The molecule has 110 valence electrons. The number of ether oxygens (including phenoxy) is 1. The zero-order valence-electron chi connectivity index (χ0n) is 12.1. The molecule has 2 aromatic rings. The van der Waals surface area contributed by atoms with Gasteiger partial charge < -0.3 is 15.4 Å². The van der Waals surface area contributed by atoms with Gasteiger partial charge in [-0.1, -0.05) is 0 Å². The van der Waals surface area contributed by atoms with Crippen molar-refractivity contribution in [1.29, 1.82) is 0 Å². The van der Waals surface area contributed by atoms with E-state index >= 15 is 0 Å². The van der Waals surface area contributed by atoms with E-state index in [-0.39, 0.29) is 5.95 Å². The van der Waals surface area contributed by atoms with Gasteiger partial charge in [-0.3, -0.25) is 0 Å². The summed E-state index contributed by atoms with van der Waals surface area (Å²) in [5.74, 6) is 1.73. The lowest BCUT2D eigenvalue weighted by atomic mass is 10.2. The van der Waals surface area contributed by atoms with Crippen LogP contribution >= 0.6 is 0 Å². The van der Waals surface area contributed by atoms with Crippen LogP contribution in [0, 0.1) is 0 Å². The van der Waals surface area contributed by atoms with Crippen LogP contribution in [-0.2, 0) is 0 Å². The summed E-state index contributed by atoms with van der Waals surface area (Å²) < 4.78 is 5.57. The smallest absolute Gasteiger partial charge is 0.222 e. The number of rotatable bonds is 4. The van der Waals surface area contributed by atoms with Crippen LogP contribution in [0.3, 0.4) is 0 Å². The Hall–Kier alpha value is -2.37. The monoisotopic (exact) mass is 285 g/mol. The maximum absolute atomic E-state index is 5.88. The Morgan fingerprint density at radius 1 is 1.29 bits per heavy atom. The molecule has 6 heteroatoms. The number of hydrogen-bond acceptors (Lipinski definition) is 6. The van der Waals surface area contributed by atoms with Gasteiger partial charge >= 0.3 is 0 Å². The minimum atomic E-state index is 0.278. The molecule has 1 aliphatic rings. The molecular formula is C15H19N5O. The largest absolute Gasteiger partial charge is 0.477 e. The number of nitrogens with zero attached hydrogens (tertiary/aromatic N) is 4. The Bertz CT molecular complexity index is 625. The predicted octanol–water partition coefficient (Wildman–Crippen LogP) is 2.12. The van der Waals surface area contributed by atoms with Crippen LogP contribution in [0.5, 0.6) is 5.88 Å². The lowest BCUT2D eigenvalue weighted by molar-refractivity contribution is 0.328. The first-order chi connectivity index (χ1) is 10.3. The van der Waals surface area contributed by atoms with Gasteiger partial charge in [0.15, 0.2) is 0 Å². The zero-order valence-corrected chi connectivity index (χ0v) is 12.1. The van der Waals surface area contributed by atoms with Gasteiger partial charge in [0.25, 0.3) is 0 Å². The van der Waals surface area contributed by atoms with Gasteiger partial charge in [0.05, 0.1) is 17.9 Å². The molecule has 3 rings (SSSR count). The van der Waals surface area contributed by atoms with Crippen LogP contribution in [0.25, 0.3) is 11.3 Å². The molecular weight excluding hydrogens is 266 g/mol. The van der Waals surface area contributed by atoms with Gasteiger partial charge in [-0.2, -0.15) is 4.98 Å². The van der Waals surface area contributed by atoms with Crippen molar-refractivity contribution in [3.05, 3.63) is 24.4 Å². The summed E-state index contributed by atoms with van der Waals surface area (Å²) in [5, 5.41) is 0. The molecule has 3 heterocycles. The van der Waals surface area contributed by atoms with Crippen LogP contribution in [0.15, 0.2) is 24.4 Å². The summed E-state index contributed by atoms with van der Waals surface area (Å²) in [5.41, 5.74) is 7.47. The van der Waals surface area contributed by atoms with E-state index in [4.69, 9.17) is 10.5 Å². The number of nitrogen functional groups attached to an aromatic ring is 1. The van der Waals surface area contributed by atoms with Gasteiger partial charge in [-0.25, -0.2) is 9.97 Å². The Labute approximate surface area is 124 Å². The summed E-state index contributed by atoms with van der Waals surface area (Å²) in [6, 6.07) is 5.76. The van der Waals surface area contributed by atoms with Gasteiger partial charge in [0.2, 0.25) is 11.8 Å². The van der Waals surface area contributed by atoms with E-state index in [1.54, 1.807) is 6.20 Å². The van der Waals surface area contributed by atoms with E-state index in [0.717, 1.165) is 30.2 Å². The molecule has 0 spiro atoms. The Kier molecular flexibility index (Phi) is 3.85. The van der Waals surface area contributed by atoms with Crippen molar-refractivity contribution in [2.24, 2.45) is 0 Å². The lowest BCUT2D eigenvalue weighted by Gasteiger charge is -2.17. The fourth-order valence-corrected chi connectivity index (χ4v) is 2.54. The highest BCUT2D eigenvalue weighted by molar-refractivity contribution is 5.68. The molecule has 2 N–H and O–H groups in total. The third-order valence-electron chi connectivity index (χ3n) is 3.49. The number of hydrogen-bond donors (Lipinski definition) is 1. The van der Waals surface area contributed by atoms with Gasteiger partial charge in [-0.05, 0) is 31.9 Å². The number of nitrogens with two attached hydrogens (primary N) is 1. The highest BCUT2D eigenvalue weighted by atomic mass is 16.5. The van der Waals surface area contributed by atoms with Crippen LogP contribution in [0.2, 0.25) is 0 Å². The minimum absolute atomic E-state index is 0.278. The van der Waals surface area contributed by atoms with Crippen LogP contribution < -0.4 is 15.4 Å². The second-order valence-corrected chi connectivity index (χ2v) is 4.95. The molecule has 0 saturated carbocycles. The molecule has 0 bridgehead atoms. The standard InChI is InChI=1S/C15H19N5O/c1-2-21-14-11(6-5-7-17-14)12-10-13(19-15(16)18-12)20-8-3-4-9-20/h5-7,10H,2-4,8-9H2,1H3,(H2,16,18,19). The van der Waals surface area contributed by atoms with Crippen molar-refractivity contribution in [3.63, 3.8) is 0 Å². The molecule has 21 heavy (non-hydrogen) atoms. The second-order valence-electron chi connectivity index (χ2n) is 4.95. The van der Waals surface area contributed by atoms with E-state index in [1.165, 1.54) is 12.8 Å². The summed E-state index contributed by atoms with van der Waals surface area (Å²) >= 11 is 0. The second kappa shape index (κ2) is 5.95. The number of aromatic nitrogens is 3. The van der Waals surface area contributed by atoms with Crippen LogP contribution in [-0.4, -0.2) is 34.6 Å². The van der Waals surface area contributed by atoms with Gasteiger partial charge in [-0.15, -0.1) is 0 Å². The fourth-order valence-electron chi connectivity index (χ4n) is 2.54. The molecule has 1 saturated heterocycles. The van der Waals surface area contributed by atoms with E-state index < -0.39 is 0 Å². The topological polar surface area (TPSA) is 77.2 Å². The highest BCUT2D eigenvalue weighted by Crippen LogP contribution is 2.29. The fraction of sp³-hybridized carbons (Fsp3) is 0.400. The molecule has 6 nitrogen and oxygen atoms in total.